The molecule has 0 saturated heterocycles. The van der Waals surface area contributed by atoms with Crippen LogP contribution in [-0.2, 0) is 4.79 Å². The van der Waals surface area contributed by atoms with Gasteiger partial charge in [-0.25, -0.2) is 0 Å². The Bertz CT molecular complexity index is 365. The van der Waals surface area contributed by atoms with Crippen LogP contribution in [0.25, 0.3) is 0 Å². The largest absolute Gasteiger partial charge is 0.299 e. The van der Waals surface area contributed by atoms with E-state index in [4.69, 9.17) is 0 Å². The van der Waals surface area contributed by atoms with Crippen LogP contribution in [0.15, 0.2) is 33.6 Å². The molecule has 1 aromatic carbocycles. The third kappa shape index (κ3) is 6.27. The number of Topliss-reactive ketones (excluding diaryl/α,β-unsaturated/α-hetero) is 1. The lowest BCUT2D eigenvalue weighted by atomic mass is 10.0. The predicted molar refractivity (Wildman–Crippen MR) is 78.6 cm³/mol. The molecule has 1 nitrogen and oxygen atoms in total. The maximum absolute atomic E-state index is 11.8. The van der Waals surface area contributed by atoms with Crippen LogP contribution in [0.3, 0.4) is 0 Å². The lowest BCUT2D eigenvalue weighted by Gasteiger charge is -2.08. The van der Waals surface area contributed by atoms with E-state index in [1.807, 2.05) is 24.3 Å². The Balaban J connectivity index is 2.33. The van der Waals surface area contributed by atoms with Crippen molar-refractivity contribution in [2.45, 2.75) is 38.0 Å². The number of rotatable bonds is 7. The van der Waals surface area contributed by atoms with Gasteiger partial charge >= 0.3 is 0 Å². The molecule has 1 unspecified atom stereocenters. The molecule has 0 amide bonds. The Hall–Kier alpha value is -0.280. The topological polar surface area (TPSA) is 17.1 Å². The number of halogens is 1. The summed E-state index contributed by atoms with van der Waals surface area (Å²) >= 11 is 5.05. The zero-order valence-corrected chi connectivity index (χ0v) is 12.8. The molecular formula is C14H19BrOS. The van der Waals surface area contributed by atoms with Crippen molar-refractivity contribution in [3.63, 3.8) is 0 Å². The summed E-state index contributed by atoms with van der Waals surface area (Å²) in [4.78, 5) is 12.9. The van der Waals surface area contributed by atoms with Crippen LogP contribution in [-0.4, -0.2) is 11.5 Å². The first-order valence-electron chi connectivity index (χ1n) is 6.02. The summed E-state index contributed by atoms with van der Waals surface area (Å²) in [7, 11) is 0. The van der Waals surface area contributed by atoms with E-state index >= 15 is 0 Å². The highest BCUT2D eigenvalue weighted by Gasteiger charge is 2.08. The summed E-state index contributed by atoms with van der Waals surface area (Å²) in [5.41, 5.74) is 0. The minimum absolute atomic E-state index is 0.357. The van der Waals surface area contributed by atoms with Gasteiger partial charge in [0.05, 0.1) is 5.75 Å². The Labute approximate surface area is 117 Å². The highest BCUT2D eigenvalue weighted by Crippen LogP contribution is 2.23. The van der Waals surface area contributed by atoms with E-state index < -0.39 is 0 Å². The van der Waals surface area contributed by atoms with E-state index in [0.717, 1.165) is 28.6 Å². The Morgan fingerprint density at radius 2 is 2.24 bits per heavy atom. The van der Waals surface area contributed by atoms with Crippen molar-refractivity contribution in [3.05, 3.63) is 28.7 Å². The van der Waals surface area contributed by atoms with Gasteiger partial charge in [-0.15, -0.1) is 11.8 Å². The fourth-order valence-corrected chi connectivity index (χ4v) is 3.14. The maximum atomic E-state index is 11.8. The van der Waals surface area contributed by atoms with Crippen molar-refractivity contribution in [2.24, 2.45) is 5.92 Å². The van der Waals surface area contributed by atoms with Gasteiger partial charge in [0.25, 0.3) is 0 Å². The van der Waals surface area contributed by atoms with Crippen LogP contribution in [0.4, 0.5) is 0 Å². The summed E-state index contributed by atoms with van der Waals surface area (Å²) in [6.45, 7) is 4.32. The number of hydrogen-bond donors (Lipinski definition) is 0. The lowest BCUT2D eigenvalue weighted by molar-refractivity contribution is -0.117. The Morgan fingerprint density at radius 1 is 1.47 bits per heavy atom. The van der Waals surface area contributed by atoms with Gasteiger partial charge in [-0.2, -0.15) is 0 Å². The molecule has 1 rings (SSSR count). The molecule has 0 aromatic heterocycles. The van der Waals surface area contributed by atoms with Crippen molar-refractivity contribution in [3.8, 4) is 0 Å². The monoisotopic (exact) mass is 314 g/mol. The molecular weight excluding hydrogens is 296 g/mol. The van der Waals surface area contributed by atoms with Gasteiger partial charge in [0.2, 0.25) is 0 Å². The second-order valence-electron chi connectivity index (χ2n) is 4.38. The van der Waals surface area contributed by atoms with Crippen molar-refractivity contribution >= 4 is 33.5 Å². The third-order valence-corrected chi connectivity index (χ3v) is 4.10. The second-order valence-corrected chi connectivity index (χ2v) is 6.35. The molecule has 0 saturated carbocycles. The predicted octanol–water partition coefficient (Wildman–Crippen LogP) is 4.94. The molecule has 0 aliphatic rings. The number of hydrogen-bond acceptors (Lipinski definition) is 2. The Kier molecular flexibility index (Phi) is 6.90. The average Bonchev–Trinajstić information content (AvgIpc) is 2.27. The van der Waals surface area contributed by atoms with Crippen LogP contribution in [0, 0.1) is 5.92 Å². The molecule has 0 aliphatic carbocycles. The number of carbonyl (C=O) groups is 1. The Morgan fingerprint density at radius 3 is 2.88 bits per heavy atom. The quantitative estimate of drug-likeness (QED) is 0.663. The SMILES string of the molecule is CCCC(C)CC(=O)CSc1cccc(Br)c1. The van der Waals surface area contributed by atoms with E-state index in [9.17, 15) is 4.79 Å². The summed E-state index contributed by atoms with van der Waals surface area (Å²) in [6, 6.07) is 8.08. The van der Waals surface area contributed by atoms with Crippen LogP contribution in [0.2, 0.25) is 0 Å². The van der Waals surface area contributed by atoms with Crippen molar-refractivity contribution in [1.29, 1.82) is 0 Å². The summed E-state index contributed by atoms with van der Waals surface area (Å²) < 4.78 is 1.06. The molecule has 0 aliphatic heterocycles. The van der Waals surface area contributed by atoms with Gasteiger partial charge < -0.3 is 0 Å². The smallest absolute Gasteiger partial charge is 0.143 e. The van der Waals surface area contributed by atoms with Crippen LogP contribution < -0.4 is 0 Å². The first-order valence-corrected chi connectivity index (χ1v) is 7.79. The number of ketones is 1. The molecule has 0 heterocycles. The summed E-state index contributed by atoms with van der Waals surface area (Å²) in [5, 5.41) is 0. The number of thioether (sulfide) groups is 1. The van der Waals surface area contributed by atoms with Gasteiger partial charge in [0, 0.05) is 15.8 Å². The summed E-state index contributed by atoms with van der Waals surface area (Å²) in [5.74, 6) is 1.47. The van der Waals surface area contributed by atoms with Gasteiger partial charge in [0.1, 0.15) is 5.78 Å². The number of carbonyl (C=O) groups excluding carboxylic acids is 1. The zero-order chi connectivity index (χ0) is 12.7. The first-order chi connectivity index (χ1) is 8.11. The molecule has 1 aromatic rings. The highest BCUT2D eigenvalue weighted by atomic mass is 79.9. The van der Waals surface area contributed by atoms with Crippen molar-refractivity contribution in [2.75, 3.05) is 5.75 Å². The first kappa shape index (κ1) is 14.8. The molecule has 94 valence electrons. The van der Waals surface area contributed by atoms with E-state index in [1.54, 1.807) is 11.8 Å². The lowest BCUT2D eigenvalue weighted by Crippen LogP contribution is -2.07. The molecule has 0 bridgehead atoms. The van der Waals surface area contributed by atoms with Crippen LogP contribution >= 0.6 is 27.7 Å². The molecule has 3 heteroatoms. The van der Waals surface area contributed by atoms with Crippen molar-refractivity contribution < 1.29 is 4.79 Å². The highest BCUT2D eigenvalue weighted by molar-refractivity contribution is 9.10. The average molecular weight is 315 g/mol. The minimum Gasteiger partial charge on any atom is -0.299 e. The maximum Gasteiger partial charge on any atom is 0.143 e. The van der Waals surface area contributed by atoms with Gasteiger partial charge in [-0.05, 0) is 24.1 Å². The van der Waals surface area contributed by atoms with E-state index in [-0.39, 0.29) is 0 Å². The van der Waals surface area contributed by atoms with Gasteiger partial charge in [-0.3, -0.25) is 4.79 Å². The fraction of sp³-hybridized carbons (Fsp3) is 0.500. The molecule has 1 atom stereocenters. The summed E-state index contributed by atoms with van der Waals surface area (Å²) in [6.07, 6.45) is 3.02. The normalized spacial score (nSPS) is 12.4. The number of benzene rings is 1. The zero-order valence-electron chi connectivity index (χ0n) is 10.4. The molecule has 0 N–H and O–H groups in total. The van der Waals surface area contributed by atoms with Crippen LogP contribution in [0.1, 0.15) is 33.1 Å². The van der Waals surface area contributed by atoms with Gasteiger partial charge in [-0.1, -0.05) is 48.7 Å². The fourth-order valence-electron chi connectivity index (χ4n) is 1.76. The van der Waals surface area contributed by atoms with Crippen molar-refractivity contribution in [1.82, 2.24) is 0 Å². The third-order valence-electron chi connectivity index (χ3n) is 2.55. The molecule has 0 spiro atoms. The molecule has 0 fully saturated rings. The van der Waals surface area contributed by atoms with Gasteiger partial charge in [0.15, 0.2) is 0 Å². The van der Waals surface area contributed by atoms with E-state index in [2.05, 4.69) is 29.8 Å². The second kappa shape index (κ2) is 7.93. The van der Waals surface area contributed by atoms with E-state index in [0.29, 0.717) is 17.5 Å². The van der Waals surface area contributed by atoms with E-state index in [1.165, 1.54) is 0 Å². The van der Waals surface area contributed by atoms with Crippen LogP contribution in [0.5, 0.6) is 0 Å². The standard InChI is InChI=1S/C14H19BrOS/c1-3-5-11(2)8-13(16)10-17-14-7-4-6-12(15)9-14/h4,6-7,9,11H,3,5,8,10H2,1-2H3. The molecule has 0 radical (unpaired) electrons. The molecule has 17 heavy (non-hydrogen) atoms. The minimum atomic E-state index is 0.357.